The summed E-state index contributed by atoms with van der Waals surface area (Å²) >= 11 is 0. The van der Waals surface area contributed by atoms with Crippen molar-refractivity contribution in [3.63, 3.8) is 0 Å². The van der Waals surface area contributed by atoms with Crippen molar-refractivity contribution in [3.8, 4) is 17.2 Å². The third-order valence-electron chi connectivity index (χ3n) is 4.05. The molecule has 0 aliphatic carbocycles. The highest BCUT2D eigenvalue weighted by molar-refractivity contribution is 5.85. The molecule has 0 heterocycles. The van der Waals surface area contributed by atoms with E-state index in [2.05, 4.69) is 28.7 Å². The molecule has 6 nitrogen and oxygen atoms in total. The van der Waals surface area contributed by atoms with Gasteiger partial charge in [-0.1, -0.05) is 0 Å². The molecule has 0 aliphatic rings. The largest absolute Gasteiger partial charge is 0.507 e. The van der Waals surface area contributed by atoms with E-state index in [4.69, 9.17) is 4.74 Å². The summed E-state index contributed by atoms with van der Waals surface area (Å²) in [7, 11) is 1.54. The number of nitrogens with zero attached hydrogens (tertiary/aromatic N) is 3. The Morgan fingerprint density at radius 3 is 1.93 bits per heavy atom. The van der Waals surface area contributed by atoms with E-state index in [-0.39, 0.29) is 11.5 Å². The molecular weight excluding hydrogens is 342 g/mol. The Morgan fingerprint density at radius 2 is 1.44 bits per heavy atom. The Morgan fingerprint density at radius 1 is 0.889 bits per heavy atom. The van der Waals surface area contributed by atoms with Crippen LogP contribution < -0.4 is 9.64 Å². The van der Waals surface area contributed by atoms with Crippen molar-refractivity contribution >= 4 is 18.1 Å². The van der Waals surface area contributed by atoms with Gasteiger partial charge in [-0.25, -0.2) is 0 Å². The molecule has 2 N–H and O–H groups in total. The van der Waals surface area contributed by atoms with Crippen molar-refractivity contribution in [1.82, 2.24) is 0 Å². The highest BCUT2D eigenvalue weighted by Crippen LogP contribution is 2.24. The minimum Gasteiger partial charge on any atom is -0.507 e. The monoisotopic (exact) mass is 367 g/mol. The molecule has 0 spiro atoms. The van der Waals surface area contributed by atoms with Gasteiger partial charge in [-0.05, 0) is 38.1 Å². The van der Waals surface area contributed by atoms with Crippen LogP contribution in [0.5, 0.6) is 17.2 Å². The molecule has 0 amide bonds. The van der Waals surface area contributed by atoms with E-state index in [1.165, 1.54) is 31.8 Å². The summed E-state index contributed by atoms with van der Waals surface area (Å²) in [6, 6.07) is 10.5. The minimum absolute atomic E-state index is 0.0909. The van der Waals surface area contributed by atoms with Crippen molar-refractivity contribution in [2.45, 2.75) is 13.8 Å². The Hall–Kier alpha value is -3.28. The molecule has 0 aliphatic heterocycles. The third-order valence-corrected chi connectivity index (χ3v) is 4.05. The number of hydrogen-bond donors (Lipinski definition) is 2. The highest BCUT2D eigenvalue weighted by atomic mass is 16.5. The Balaban J connectivity index is 1.98. The fourth-order valence-corrected chi connectivity index (χ4v) is 2.51. The predicted octanol–water partition coefficient (Wildman–Crippen LogP) is 3.96. The van der Waals surface area contributed by atoms with E-state index >= 15 is 0 Å². The Bertz CT molecular complexity index is 841. The second kappa shape index (κ2) is 10.0. The molecule has 2 aromatic carbocycles. The van der Waals surface area contributed by atoms with Crippen LogP contribution in [0.25, 0.3) is 0 Å². The van der Waals surface area contributed by atoms with Crippen LogP contribution in [0.15, 0.2) is 58.8 Å². The van der Waals surface area contributed by atoms with Gasteiger partial charge >= 0.3 is 0 Å². The standard InChI is InChI=1S/C21H25N3O3/c1-4-24(5-2)18-8-6-16(20(25)12-18)14-22-10-11-23-15-17-7-9-19(27-3)13-21(17)26/h6-15,25-26H,4-5H2,1-3H3/b11-10+,22-14-,23-15-. The third kappa shape index (κ3) is 5.60. The first kappa shape index (κ1) is 20.0. The smallest absolute Gasteiger partial charge is 0.128 e. The maximum atomic E-state index is 10.1. The maximum absolute atomic E-state index is 10.1. The normalized spacial score (nSPS) is 11.7. The Labute approximate surface area is 159 Å². The van der Waals surface area contributed by atoms with Gasteiger partial charge in [0.25, 0.3) is 0 Å². The van der Waals surface area contributed by atoms with Crippen LogP contribution in [-0.2, 0) is 0 Å². The lowest BCUT2D eigenvalue weighted by atomic mass is 10.2. The Kier molecular flexibility index (Phi) is 7.43. The minimum atomic E-state index is 0.0909. The molecule has 0 fully saturated rings. The van der Waals surface area contributed by atoms with Gasteiger partial charge in [0, 0.05) is 66.9 Å². The first-order chi connectivity index (χ1) is 13.1. The van der Waals surface area contributed by atoms with E-state index in [9.17, 15) is 10.2 Å². The van der Waals surface area contributed by atoms with Gasteiger partial charge in [-0.3, -0.25) is 9.98 Å². The lowest BCUT2D eigenvalue weighted by Gasteiger charge is -2.21. The van der Waals surface area contributed by atoms with Crippen LogP contribution >= 0.6 is 0 Å². The second-order valence-corrected chi connectivity index (χ2v) is 5.69. The van der Waals surface area contributed by atoms with Crippen molar-refractivity contribution in [2.24, 2.45) is 9.98 Å². The van der Waals surface area contributed by atoms with Crippen molar-refractivity contribution in [1.29, 1.82) is 0 Å². The summed E-state index contributed by atoms with van der Waals surface area (Å²) in [6.07, 6.45) is 6.10. The van der Waals surface area contributed by atoms with Gasteiger partial charge in [0.15, 0.2) is 0 Å². The fourth-order valence-electron chi connectivity index (χ4n) is 2.51. The van der Waals surface area contributed by atoms with Crippen LogP contribution in [0.2, 0.25) is 0 Å². The zero-order chi connectivity index (χ0) is 19.6. The predicted molar refractivity (Wildman–Crippen MR) is 111 cm³/mol. The fraction of sp³-hybridized carbons (Fsp3) is 0.238. The number of hydrogen-bond acceptors (Lipinski definition) is 6. The number of phenols is 2. The quantitative estimate of drug-likeness (QED) is 0.692. The van der Waals surface area contributed by atoms with Gasteiger partial charge in [0.2, 0.25) is 0 Å². The highest BCUT2D eigenvalue weighted by Gasteiger charge is 2.05. The van der Waals surface area contributed by atoms with Crippen LogP contribution in [0.1, 0.15) is 25.0 Å². The summed E-state index contributed by atoms with van der Waals surface area (Å²) in [6.45, 7) is 5.92. The molecule has 2 rings (SSSR count). The van der Waals surface area contributed by atoms with Gasteiger partial charge in [-0.15, -0.1) is 0 Å². The average molecular weight is 367 g/mol. The number of anilines is 1. The van der Waals surface area contributed by atoms with Crippen LogP contribution in [-0.4, -0.2) is 42.8 Å². The van der Waals surface area contributed by atoms with Gasteiger partial charge in [-0.2, -0.15) is 0 Å². The molecule has 0 saturated heterocycles. The van der Waals surface area contributed by atoms with Crippen molar-refractivity contribution in [2.75, 3.05) is 25.1 Å². The van der Waals surface area contributed by atoms with Gasteiger partial charge < -0.3 is 19.8 Å². The number of ether oxygens (including phenoxy) is 1. The van der Waals surface area contributed by atoms with E-state index in [1.807, 2.05) is 12.1 Å². The van der Waals surface area contributed by atoms with Crippen LogP contribution in [0, 0.1) is 0 Å². The molecule has 0 saturated carbocycles. The van der Waals surface area contributed by atoms with E-state index in [0.29, 0.717) is 16.9 Å². The van der Waals surface area contributed by atoms with Crippen LogP contribution in [0.4, 0.5) is 5.69 Å². The van der Waals surface area contributed by atoms with Crippen molar-refractivity contribution in [3.05, 3.63) is 59.9 Å². The first-order valence-corrected chi connectivity index (χ1v) is 8.75. The van der Waals surface area contributed by atoms with Crippen LogP contribution in [0.3, 0.4) is 0 Å². The van der Waals surface area contributed by atoms with E-state index in [0.717, 1.165) is 18.8 Å². The lowest BCUT2D eigenvalue weighted by molar-refractivity contribution is 0.407. The molecule has 0 radical (unpaired) electrons. The summed E-state index contributed by atoms with van der Waals surface area (Å²) < 4.78 is 5.03. The SMILES string of the molecule is CCN(CC)c1ccc(\C=N/C=C/N=C\c2ccc(OC)cc2O)c(O)c1. The first-order valence-electron chi connectivity index (χ1n) is 8.75. The lowest BCUT2D eigenvalue weighted by Crippen LogP contribution is -2.21. The van der Waals surface area contributed by atoms with E-state index < -0.39 is 0 Å². The summed E-state index contributed by atoms with van der Waals surface area (Å²) in [5.74, 6) is 0.855. The number of aromatic hydroxyl groups is 2. The zero-order valence-electron chi connectivity index (χ0n) is 15.8. The summed E-state index contributed by atoms with van der Waals surface area (Å²) in [5.41, 5.74) is 2.19. The number of benzene rings is 2. The van der Waals surface area contributed by atoms with Gasteiger partial charge in [0.1, 0.15) is 17.2 Å². The molecule has 2 aromatic rings. The molecule has 142 valence electrons. The number of phenolic OH excluding ortho intramolecular Hbond substituents is 2. The molecule has 0 aromatic heterocycles. The molecule has 0 unspecified atom stereocenters. The van der Waals surface area contributed by atoms with Crippen molar-refractivity contribution < 1.29 is 14.9 Å². The van der Waals surface area contributed by atoms with Gasteiger partial charge in [0.05, 0.1) is 7.11 Å². The second-order valence-electron chi connectivity index (χ2n) is 5.69. The zero-order valence-corrected chi connectivity index (χ0v) is 15.8. The molecular formula is C21H25N3O3. The molecule has 6 heteroatoms. The molecule has 0 bridgehead atoms. The topological polar surface area (TPSA) is 77.7 Å². The number of aliphatic imine (C=N–C) groups is 2. The maximum Gasteiger partial charge on any atom is 0.128 e. The molecule has 0 atom stereocenters. The summed E-state index contributed by atoms with van der Waals surface area (Å²) in [5, 5.41) is 20.0. The average Bonchev–Trinajstić information content (AvgIpc) is 2.67. The van der Waals surface area contributed by atoms with E-state index in [1.54, 1.807) is 24.4 Å². The summed E-state index contributed by atoms with van der Waals surface area (Å²) in [4.78, 5) is 10.4. The molecule has 27 heavy (non-hydrogen) atoms. The number of methoxy groups -OCH3 is 1. The number of rotatable bonds is 8.